The molecular formula is C21H26FN5O2S. The lowest BCUT2D eigenvalue weighted by Gasteiger charge is -2.32. The number of anilines is 1. The third-order valence-corrected chi connectivity index (χ3v) is 5.54. The van der Waals surface area contributed by atoms with Crippen LogP contribution in [0.4, 0.5) is 10.2 Å². The van der Waals surface area contributed by atoms with E-state index >= 15 is 0 Å². The molecule has 0 radical (unpaired) electrons. The molecule has 0 aliphatic carbocycles. The smallest absolute Gasteiger partial charge is 0.167 e. The van der Waals surface area contributed by atoms with Gasteiger partial charge in [0, 0.05) is 43.4 Å². The first-order valence-electron chi connectivity index (χ1n) is 9.80. The van der Waals surface area contributed by atoms with Crippen molar-refractivity contribution < 1.29 is 14.2 Å². The lowest BCUT2D eigenvalue weighted by Crippen LogP contribution is -2.49. The Labute approximate surface area is 180 Å². The Morgan fingerprint density at radius 3 is 2.93 bits per heavy atom. The topological polar surface area (TPSA) is 83.7 Å². The first kappa shape index (κ1) is 20.9. The maximum Gasteiger partial charge on any atom is 0.167 e. The molecule has 0 aromatic carbocycles. The zero-order valence-electron chi connectivity index (χ0n) is 17.2. The number of hydrogen-bond donors (Lipinski definition) is 4. The average Bonchev–Trinajstić information content (AvgIpc) is 3.08. The third-order valence-electron chi connectivity index (χ3n) is 5.20. The molecule has 4 rings (SSSR count). The summed E-state index contributed by atoms with van der Waals surface area (Å²) in [6.45, 7) is 4.29. The van der Waals surface area contributed by atoms with E-state index in [1.807, 2.05) is 28.8 Å². The Hall–Kier alpha value is -2.36. The highest BCUT2D eigenvalue weighted by Crippen LogP contribution is 2.32. The number of rotatable bonds is 5. The Morgan fingerprint density at radius 1 is 1.43 bits per heavy atom. The molecule has 0 bridgehead atoms. The van der Waals surface area contributed by atoms with Crippen molar-refractivity contribution >= 4 is 24.1 Å². The van der Waals surface area contributed by atoms with Gasteiger partial charge in [-0.1, -0.05) is 6.07 Å². The predicted molar refractivity (Wildman–Crippen MR) is 118 cm³/mol. The lowest BCUT2D eigenvalue weighted by atomic mass is 9.99. The van der Waals surface area contributed by atoms with Crippen LogP contribution in [0.3, 0.4) is 0 Å². The van der Waals surface area contributed by atoms with E-state index in [-0.39, 0.29) is 12.6 Å². The number of imidazole rings is 1. The molecule has 0 amide bonds. The number of alkyl halides is 1. The van der Waals surface area contributed by atoms with Gasteiger partial charge in [-0.15, -0.1) is 12.6 Å². The lowest BCUT2D eigenvalue weighted by molar-refractivity contribution is 0.0752. The van der Waals surface area contributed by atoms with Crippen LogP contribution in [-0.4, -0.2) is 50.7 Å². The molecule has 0 saturated carbocycles. The van der Waals surface area contributed by atoms with Gasteiger partial charge in [-0.2, -0.15) is 0 Å². The van der Waals surface area contributed by atoms with Crippen LogP contribution in [0.5, 0.6) is 5.75 Å². The summed E-state index contributed by atoms with van der Waals surface area (Å²) in [6.07, 6.45) is 3.85. The van der Waals surface area contributed by atoms with Gasteiger partial charge in [-0.25, -0.2) is 14.4 Å². The summed E-state index contributed by atoms with van der Waals surface area (Å²) < 4.78 is 21.5. The van der Waals surface area contributed by atoms with Gasteiger partial charge >= 0.3 is 0 Å². The van der Waals surface area contributed by atoms with Crippen molar-refractivity contribution in [1.29, 1.82) is 0 Å². The van der Waals surface area contributed by atoms with Gasteiger partial charge in [0.15, 0.2) is 5.00 Å². The number of pyridine rings is 2. The molecule has 30 heavy (non-hydrogen) atoms. The van der Waals surface area contributed by atoms with Crippen LogP contribution < -0.4 is 15.4 Å². The molecule has 1 saturated heterocycles. The van der Waals surface area contributed by atoms with Gasteiger partial charge < -0.3 is 20.5 Å². The largest absolute Gasteiger partial charge is 0.496 e. The summed E-state index contributed by atoms with van der Waals surface area (Å²) in [5, 5.41) is 15.3. The van der Waals surface area contributed by atoms with E-state index in [2.05, 4.69) is 28.2 Å². The van der Waals surface area contributed by atoms with Crippen molar-refractivity contribution in [1.82, 2.24) is 19.7 Å². The maximum absolute atomic E-state index is 14.2. The van der Waals surface area contributed by atoms with E-state index in [1.165, 1.54) is 0 Å². The van der Waals surface area contributed by atoms with Gasteiger partial charge in [0.25, 0.3) is 0 Å². The molecule has 1 aliphatic rings. The molecule has 1 aliphatic heterocycles. The number of methoxy groups -OCH3 is 1. The minimum Gasteiger partial charge on any atom is -0.496 e. The molecule has 0 spiro atoms. The van der Waals surface area contributed by atoms with Crippen molar-refractivity contribution in [2.75, 3.05) is 25.5 Å². The fourth-order valence-corrected chi connectivity index (χ4v) is 4.08. The zero-order chi connectivity index (χ0) is 21.5. The first-order chi connectivity index (χ1) is 14.2. The van der Waals surface area contributed by atoms with Gasteiger partial charge in [-0.05, 0) is 26.0 Å². The van der Waals surface area contributed by atoms with E-state index in [9.17, 15) is 9.50 Å². The number of halogens is 1. The van der Waals surface area contributed by atoms with E-state index in [0.29, 0.717) is 41.4 Å². The molecule has 1 unspecified atom stereocenters. The second-order valence-electron chi connectivity index (χ2n) is 8.19. The number of nitrogens with one attached hydrogen (secondary N) is 2. The maximum atomic E-state index is 14.2. The summed E-state index contributed by atoms with van der Waals surface area (Å²) in [4.78, 5) is 9.16. The number of fused-ring (bicyclic) bond motifs is 1. The van der Waals surface area contributed by atoms with Crippen molar-refractivity contribution in [2.45, 2.75) is 36.9 Å². The highest BCUT2D eigenvalue weighted by molar-refractivity contribution is 7.81. The third kappa shape index (κ3) is 4.23. The van der Waals surface area contributed by atoms with Crippen LogP contribution in [0.2, 0.25) is 0 Å². The number of hydrogen-bond acceptors (Lipinski definition) is 7. The number of nitrogens with zero attached hydrogens (tertiary/aromatic N) is 3. The number of aromatic nitrogens is 3. The highest BCUT2D eigenvalue weighted by atomic mass is 32.1. The summed E-state index contributed by atoms with van der Waals surface area (Å²) in [7, 11) is 1.57. The zero-order valence-corrected chi connectivity index (χ0v) is 18.1. The standard InChI is InChI=1S/C21H26FN5O2S/c1-20(2,28)14-11-27-16(10-24-19(27)7-17(14)29-3)15-5-4-6-18(26-15)25-13-8-21(22,30)12-23-9-13/h4-7,10-11,13,23,28,30H,8-9,12H2,1-3H3,(H,25,26)/t13?,21-/m0/s1. The van der Waals surface area contributed by atoms with Crippen LogP contribution >= 0.6 is 12.6 Å². The molecular weight excluding hydrogens is 405 g/mol. The van der Waals surface area contributed by atoms with Crippen LogP contribution in [0.15, 0.2) is 36.7 Å². The Bertz CT molecular complexity index is 1060. The second kappa shape index (κ2) is 7.72. The summed E-state index contributed by atoms with van der Waals surface area (Å²) >= 11 is 4.07. The Morgan fingerprint density at radius 2 is 2.23 bits per heavy atom. The first-order valence-corrected chi connectivity index (χ1v) is 10.2. The van der Waals surface area contributed by atoms with E-state index in [4.69, 9.17) is 9.72 Å². The van der Waals surface area contributed by atoms with Crippen LogP contribution in [0.1, 0.15) is 25.8 Å². The SMILES string of the molecule is COc1cc2ncc(-c3cccc(NC4CNC[C@@](F)(S)C4)n3)n2cc1C(C)(C)O. The molecule has 160 valence electrons. The van der Waals surface area contributed by atoms with Gasteiger partial charge in [0.05, 0.1) is 30.3 Å². The molecule has 2 atom stereocenters. The van der Waals surface area contributed by atoms with Crippen molar-refractivity contribution in [3.05, 3.63) is 42.2 Å². The number of thiol groups is 1. The molecule has 9 heteroatoms. The summed E-state index contributed by atoms with van der Waals surface area (Å²) in [5.74, 6) is 1.22. The highest BCUT2D eigenvalue weighted by Gasteiger charge is 2.33. The Kier molecular flexibility index (Phi) is 5.37. The molecule has 7 nitrogen and oxygen atoms in total. The molecule has 3 aromatic heterocycles. The summed E-state index contributed by atoms with van der Waals surface area (Å²) in [5.41, 5.74) is 1.73. The minimum absolute atomic E-state index is 0.114. The van der Waals surface area contributed by atoms with E-state index in [0.717, 1.165) is 5.69 Å². The van der Waals surface area contributed by atoms with Gasteiger partial charge in [0.2, 0.25) is 0 Å². The average molecular weight is 432 g/mol. The van der Waals surface area contributed by atoms with Crippen LogP contribution in [0, 0.1) is 0 Å². The molecule has 3 aromatic rings. The molecule has 4 heterocycles. The predicted octanol–water partition coefficient (Wildman–Crippen LogP) is 3.00. The van der Waals surface area contributed by atoms with E-state index < -0.39 is 10.6 Å². The van der Waals surface area contributed by atoms with Gasteiger partial charge in [0.1, 0.15) is 17.2 Å². The summed E-state index contributed by atoms with van der Waals surface area (Å²) in [6, 6.07) is 7.31. The Balaban J connectivity index is 1.68. The molecule has 3 N–H and O–H groups in total. The quantitative estimate of drug-likeness (QED) is 0.465. The monoisotopic (exact) mass is 431 g/mol. The van der Waals surface area contributed by atoms with Crippen molar-refractivity contribution in [2.24, 2.45) is 0 Å². The number of piperidine rings is 1. The van der Waals surface area contributed by atoms with Crippen LogP contribution in [0.25, 0.3) is 17.0 Å². The number of aliphatic hydroxyl groups is 1. The normalized spacial score (nSPS) is 22.3. The number of ether oxygens (including phenoxy) is 1. The fourth-order valence-electron chi connectivity index (χ4n) is 3.75. The second-order valence-corrected chi connectivity index (χ2v) is 8.99. The minimum atomic E-state index is -1.54. The van der Waals surface area contributed by atoms with Crippen LogP contribution in [-0.2, 0) is 5.60 Å². The fraction of sp³-hybridized carbons (Fsp3) is 0.429. The van der Waals surface area contributed by atoms with E-state index in [1.54, 1.807) is 33.2 Å². The van der Waals surface area contributed by atoms with Crippen molar-refractivity contribution in [3.63, 3.8) is 0 Å². The molecule has 1 fully saturated rings. The van der Waals surface area contributed by atoms with Gasteiger partial charge in [-0.3, -0.25) is 4.40 Å². The van der Waals surface area contributed by atoms with Crippen molar-refractivity contribution in [3.8, 4) is 17.1 Å².